The Hall–Kier alpha value is -1.56. The van der Waals surface area contributed by atoms with Crippen molar-refractivity contribution in [3.8, 4) is 0 Å². The molecule has 4 nitrogen and oxygen atoms in total. The van der Waals surface area contributed by atoms with E-state index in [4.69, 9.17) is 0 Å². The van der Waals surface area contributed by atoms with Crippen molar-refractivity contribution >= 4 is 28.6 Å². The SMILES string of the molecule is CCCCN1C(=O)SC(Nc2ccc(F)cc2)C1=O. The highest BCUT2D eigenvalue weighted by atomic mass is 32.2. The van der Waals surface area contributed by atoms with Crippen LogP contribution in [0.3, 0.4) is 0 Å². The number of amides is 2. The summed E-state index contributed by atoms with van der Waals surface area (Å²) < 4.78 is 12.8. The molecule has 0 aliphatic carbocycles. The number of unbranched alkanes of at least 4 members (excludes halogenated alkanes) is 1. The Balaban J connectivity index is 2.00. The maximum absolute atomic E-state index is 12.8. The van der Waals surface area contributed by atoms with E-state index in [9.17, 15) is 14.0 Å². The van der Waals surface area contributed by atoms with Crippen LogP contribution in [0.1, 0.15) is 19.8 Å². The molecule has 19 heavy (non-hydrogen) atoms. The topological polar surface area (TPSA) is 49.4 Å². The fourth-order valence-electron chi connectivity index (χ4n) is 1.75. The molecule has 0 radical (unpaired) electrons. The van der Waals surface area contributed by atoms with Crippen molar-refractivity contribution < 1.29 is 14.0 Å². The largest absolute Gasteiger partial charge is 0.365 e. The smallest absolute Gasteiger partial charge is 0.290 e. The van der Waals surface area contributed by atoms with E-state index in [1.54, 1.807) is 12.1 Å². The number of carbonyl (C=O) groups excluding carboxylic acids is 2. The van der Waals surface area contributed by atoms with Crippen LogP contribution in [0.15, 0.2) is 24.3 Å². The minimum atomic E-state index is -0.616. The number of halogens is 1. The van der Waals surface area contributed by atoms with E-state index in [-0.39, 0.29) is 17.0 Å². The molecular weight excluding hydrogens is 267 g/mol. The van der Waals surface area contributed by atoms with Gasteiger partial charge in [0.1, 0.15) is 5.82 Å². The number of imide groups is 1. The van der Waals surface area contributed by atoms with Crippen LogP contribution in [-0.4, -0.2) is 28.0 Å². The molecule has 0 spiro atoms. The number of anilines is 1. The highest BCUT2D eigenvalue weighted by Gasteiger charge is 2.39. The molecular formula is C13H15FN2O2S. The van der Waals surface area contributed by atoms with Crippen LogP contribution in [0, 0.1) is 5.82 Å². The van der Waals surface area contributed by atoms with Gasteiger partial charge in [-0.1, -0.05) is 13.3 Å². The number of benzene rings is 1. The maximum Gasteiger partial charge on any atom is 0.290 e. The third kappa shape index (κ3) is 3.26. The van der Waals surface area contributed by atoms with Crippen LogP contribution < -0.4 is 5.32 Å². The van der Waals surface area contributed by atoms with E-state index in [1.165, 1.54) is 17.0 Å². The first kappa shape index (κ1) is 13.9. The summed E-state index contributed by atoms with van der Waals surface area (Å²) in [4.78, 5) is 25.0. The van der Waals surface area contributed by atoms with E-state index in [0.29, 0.717) is 12.2 Å². The zero-order chi connectivity index (χ0) is 13.8. The predicted molar refractivity (Wildman–Crippen MR) is 73.4 cm³/mol. The molecule has 2 rings (SSSR count). The van der Waals surface area contributed by atoms with Crippen molar-refractivity contribution in [1.82, 2.24) is 4.90 Å². The van der Waals surface area contributed by atoms with Crippen molar-refractivity contribution in [2.45, 2.75) is 25.1 Å². The van der Waals surface area contributed by atoms with Crippen molar-refractivity contribution in [3.05, 3.63) is 30.1 Å². The average molecular weight is 282 g/mol. The lowest BCUT2D eigenvalue weighted by Crippen LogP contribution is -2.35. The van der Waals surface area contributed by atoms with Crippen molar-refractivity contribution in [2.24, 2.45) is 0 Å². The number of nitrogens with one attached hydrogen (secondary N) is 1. The van der Waals surface area contributed by atoms with Gasteiger partial charge in [0.2, 0.25) is 0 Å². The molecule has 1 fully saturated rings. The molecule has 2 amide bonds. The lowest BCUT2D eigenvalue weighted by Gasteiger charge is -2.14. The zero-order valence-corrected chi connectivity index (χ0v) is 11.4. The van der Waals surface area contributed by atoms with Gasteiger partial charge in [-0.15, -0.1) is 0 Å². The normalized spacial score (nSPS) is 19.1. The number of hydrogen-bond acceptors (Lipinski definition) is 4. The summed E-state index contributed by atoms with van der Waals surface area (Å²) in [6.45, 7) is 2.47. The summed E-state index contributed by atoms with van der Waals surface area (Å²) in [5.41, 5.74) is 0.623. The average Bonchev–Trinajstić information content (AvgIpc) is 2.65. The second-order valence-electron chi connectivity index (χ2n) is 4.26. The third-order valence-corrected chi connectivity index (χ3v) is 3.78. The number of thioether (sulfide) groups is 1. The minimum absolute atomic E-state index is 0.224. The zero-order valence-electron chi connectivity index (χ0n) is 10.6. The van der Waals surface area contributed by atoms with Crippen LogP contribution in [0.2, 0.25) is 0 Å². The predicted octanol–water partition coefficient (Wildman–Crippen LogP) is 3.06. The van der Waals surface area contributed by atoms with Gasteiger partial charge in [0.15, 0.2) is 5.37 Å². The van der Waals surface area contributed by atoms with E-state index in [0.717, 1.165) is 24.6 Å². The van der Waals surface area contributed by atoms with Gasteiger partial charge in [-0.2, -0.15) is 0 Å². The first-order valence-electron chi connectivity index (χ1n) is 6.16. The maximum atomic E-state index is 12.8. The molecule has 6 heteroatoms. The molecule has 1 N–H and O–H groups in total. The molecule has 1 aromatic rings. The lowest BCUT2D eigenvalue weighted by molar-refractivity contribution is -0.126. The Morgan fingerprint density at radius 3 is 2.63 bits per heavy atom. The van der Waals surface area contributed by atoms with Gasteiger partial charge in [0, 0.05) is 12.2 Å². The van der Waals surface area contributed by atoms with Crippen molar-refractivity contribution in [1.29, 1.82) is 0 Å². The standard InChI is InChI=1S/C13H15FN2O2S/c1-2-3-8-16-12(17)11(19-13(16)18)15-10-6-4-9(14)5-7-10/h4-7,11,15H,2-3,8H2,1H3. The highest BCUT2D eigenvalue weighted by Crippen LogP contribution is 2.28. The van der Waals surface area contributed by atoms with Crippen LogP contribution in [0.25, 0.3) is 0 Å². The van der Waals surface area contributed by atoms with Gasteiger partial charge in [0.05, 0.1) is 0 Å². The Kier molecular flexibility index (Phi) is 4.42. The van der Waals surface area contributed by atoms with Gasteiger partial charge in [0.25, 0.3) is 11.1 Å². The molecule has 0 aromatic heterocycles. The molecule has 1 aliphatic heterocycles. The van der Waals surface area contributed by atoms with Gasteiger partial charge in [-0.05, 0) is 42.4 Å². The molecule has 0 bridgehead atoms. The van der Waals surface area contributed by atoms with E-state index >= 15 is 0 Å². The Morgan fingerprint density at radius 2 is 2.00 bits per heavy atom. The fraction of sp³-hybridized carbons (Fsp3) is 0.385. The first-order valence-corrected chi connectivity index (χ1v) is 7.04. The second kappa shape index (κ2) is 6.06. The van der Waals surface area contributed by atoms with E-state index in [1.807, 2.05) is 6.92 Å². The van der Waals surface area contributed by atoms with Gasteiger partial charge in [-0.3, -0.25) is 14.5 Å². The summed E-state index contributed by atoms with van der Waals surface area (Å²) in [5, 5.41) is 2.10. The van der Waals surface area contributed by atoms with Crippen LogP contribution in [0.5, 0.6) is 0 Å². The van der Waals surface area contributed by atoms with E-state index < -0.39 is 5.37 Å². The van der Waals surface area contributed by atoms with Crippen molar-refractivity contribution in [2.75, 3.05) is 11.9 Å². The van der Waals surface area contributed by atoms with Gasteiger partial charge in [-0.25, -0.2) is 4.39 Å². The molecule has 1 aliphatic rings. The van der Waals surface area contributed by atoms with Crippen LogP contribution in [-0.2, 0) is 4.79 Å². The van der Waals surface area contributed by atoms with Crippen LogP contribution in [0.4, 0.5) is 14.9 Å². The quantitative estimate of drug-likeness (QED) is 0.901. The number of hydrogen-bond donors (Lipinski definition) is 1. The Labute approximate surface area is 115 Å². The third-order valence-electron chi connectivity index (χ3n) is 2.81. The molecule has 1 aromatic carbocycles. The molecule has 1 heterocycles. The van der Waals surface area contributed by atoms with Gasteiger partial charge >= 0.3 is 0 Å². The number of rotatable bonds is 5. The van der Waals surface area contributed by atoms with Crippen LogP contribution >= 0.6 is 11.8 Å². The molecule has 1 unspecified atom stereocenters. The number of nitrogens with zero attached hydrogens (tertiary/aromatic N) is 1. The summed E-state index contributed by atoms with van der Waals surface area (Å²) in [6, 6.07) is 5.71. The molecule has 1 atom stereocenters. The molecule has 102 valence electrons. The van der Waals surface area contributed by atoms with E-state index in [2.05, 4.69) is 5.32 Å². The first-order chi connectivity index (χ1) is 9.11. The Morgan fingerprint density at radius 1 is 1.32 bits per heavy atom. The highest BCUT2D eigenvalue weighted by molar-refractivity contribution is 8.15. The minimum Gasteiger partial charge on any atom is -0.365 e. The lowest BCUT2D eigenvalue weighted by atomic mass is 10.3. The molecule has 1 saturated heterocycles. The summed E-state index contributed by atoms with van der Waals surface area (Å²) in [5.74, 6) is -0.565. The number of carbonyl (C=O) groups is 2. The van der Waals surface area contributed by atoms with Gasteiger partial charge < -0.3 is 5.32 Å². The fourth-order valence-corrected chi connectivity index (χ4v) is 2.69. The summed E-state index contributed by atoms with van der Waals surface area (Å²) >= 11 is 0.964. The second-order valence-corrected chi connectivity index (χ2v) is 5.31. The summed E-state index contributed by atoms with van der Waals surface area (Å²) in [7, 11) is 0. The molecule has 0 saturated carbocycles. The monoisotopic (exact) mass is 282 g/mol. The summed E-state index contributed by atoms with van der Waals surface area (Å²) in [6.07, 6.45) is 1.74. The van der Waals surface area contributed by atoms with Crippen molar-refractivity contribution in [3.63, 3.8) is 0 Å². The Bertz CT molecular complexity index is 478.